The van der Waals surface area contributed by atoms with Gasteiger partial charge in [-0.3, -0.25) is 0 Å². The second-order valence-electron chi connectivity index (χ2n) is 4.78. The summed E-state index contributed by atoms with van der Waals surface area (Å²) >= 11 is 0. The Balaban J connectivity index is 2.68. The number of hydrogen-bond acceptors (Lipinski definition) is 0. The van der Waals surface area contributed by atoms with E-state index >= 15 is 0 Å². The highest BCUT2D eigenvalue weighted by Gasteiger charge is 2.09. The zero-order valence-corrected chi connectivity index (χ0v) is 11.2. The van der Waals surface area contributed by atoms with E-state index in [1.54, 1.807) is 0 Å². The Kier molecular flexibility index (Phi) is 3.33. The summed E-state index contributed by atoms with van der Waals surface area (Å²) in [6.07, 6.45) is 1.09. The predicted octanol–water partition coefficient (Wildman–Crippen LogP) is 4.84. The van der Waals surface area contributed by atoms with Crippen molar-refractivity contribution in [1.29, 1.82) is 0 Å². The minimum Gasteiger partial charge on any atom is -0.0620 e. The molecule has 17 heavy (non-hydrogen) atoms. The molecule has 0 saturated heterocycles. The summed E-state index contributed by atoms with van der Waals surface area (Å²) in [5.41, 5.74) is 8.34. The van der Waals surface area contributed by atoms with Crippen LogP contribution < -0.4 is 0 Å². The molecule has 0 radical (unpaired) electrons. The van der Waals surface area contributed by atoms with Crippen LogP contribution in [0.25, 0.3) is 11.1 Å². The van der Waals surface area contributed by atoms with Gasteiger partial charge in [0, 0.05) is 0 Å². The Morgan fingerprint density at radius 1 is 0.882 bits per heavy atom. The summed E-state index contributed by atoms with van der Waals surface area (Å²) in [5.74, 6) is 0. The third kappa shape index (κ3) is 2.26. The van der Waals surface area contributed by atoms with E-state index in [2.05, 4.69) is 64.1 Å². The fourth-order valence-electron chi connectivity index (χ4n) is 2.68. The van der Waals surface area contributed by atoms with Gasteiger partial charge in [-0.1, -0.05) is 48.9 Å². The van der Waals surface area contributed by atoms with E-state index in [9.17, 15) is 0 Å². The molecule has 88 valence electrons. The van der Waals surface area contributed by atoms with Crippen molar-refractivity contribution in [2.24, 2.45) is 0 Å². The number of hydrogen-bond donors (Lipinski definition) is 0. The van der Waals surface area contributed by atoms with E-state index < -0.39 is 0 Å². The van der Waals surface area contributed by atoms with Gasteiger partial charge < -0.3 is 0 Å². The van der Waals surface area contributed by atoms with Crippen molar-refractivity contribution < 1.29 is 0 Å². The van der Waals surface area contributed by atoms with Gasteiger partial charge in [0.15, 0.2) is 0 Å². The maximum absolute atomic E-state index is 2.27. The molecule has 0 heterocycles. The van der Waals surface area contributed by atoms with E-state index in [1.165, 1.54) is 33.4 Å². The van der Waals surface area contributed by atoms with Gasteiger partial charge in [0.05, 0.1) is 0 Å². The quantitative estimate of drug-likeness (QED) is 0.684. The molecule has 0 heteroatoms. The Morgan fingerprint density at radius 3 is 2.06 bits per heavy atom. The summed E-state index contributed by atoms with van der Waals surface area (Å²) in [4.78, 5) is 0. The first kappa shape index (κ1) is 11.9. The average molecular weight is 224 g/mol. The Morgan fingerprint density at radius 2 is 1.47 bits per heavy atom. The van der Waals surface area contributed by atoms with Crippen LogP contribution in [0.5, 0.6) is 0 Å². The van der Waals surface area contributed by atoms with Crippen molar-refractivity contribution >= 4 is 0 Å². The fraction of sp³-hybridized carbons (Fsp3) is 0.294. The molecule has 0 atom stereocenters. The highest BCUT2D eigenvalue weighted by Crippen LogP contribution is 2.31. The van der Waals surface area contributed by atoms with Crippen LogP contribution in [0.1, 0.15) is 29.2 Å². The van der Waals surface area contributed by atoms with E-state index in [0.29, 0.717) is 0 Å². The normalized spacial score (nSPS) is 10.6. The molecule has 0 aromatic heterocycles. The molecule has 0 fully saturated rings. The van der Waals surface area contributed by atoms with Crippen LogP contribution in [0.2, 0.25) is 0 Å². The molecule has 0 aliphatic rings. The molecule has 0 unspecified atom stereocenters. The summed E-state index contributed by atoms with van der Waals surface area (Å²) in [6, 6.07) is 13.3. The lowest BCUT2D eigenvalue weighted by Crippen LogP contribution is -1.94. The molecule has 2 rings (SSSR count). The summed E-state index contributed by atoms with van der Waals surface area (Å²) in [7, 11) is 0. The molecule has 0 amide bonds. The fourth-order valence-corrected chi connectivity index (χ4v) is 2.68. The van der Waals surface area contributed by atoms with Crippen LogP contribution in [-0.4, -0.2) is 0 Å². The van der Waals surface area contributed by atoms with Crippen LogP contribution in [0.4, 0.5) is 0 Å². The van der Waals surface area contributed by atoms with E-state index in [0.717, 1.165) is 6.42 Å². The smallest absolute Gasteiger partial charge is 0.0122 e. The van der Waals surface area contributed by atoms with Gasteiger partial charge in [0.1, 0.15) is 0 Å². The van der Waals surface area contributed by atoms with Crippen LogP contribution in [0, 0.1) is 20.8 Å². The SMILES string of the molecule is CCc1ccccc1-c1c(C)cc(C)cc1C. The lowest BCUT2D eigenvalue weighted by molar-refractivity contribution is 1.14. The maximum Gasteiger partial charge on any atom is -0.0122 e. The third-order valence-electron chi connectivity index (χ3n) is 3.34. The summed E-state index contributed by atoms with van der Waals surface area (Å²) in [6.45, 7) is 8.80. The standard InChI is InChI=1S/C17H20/c1-5-15-8-6-7-9-16(15)17-13(3)10-12(2)11-14(17)4/h6-11H,5H2,1-4H3. The van der Waals surface area contributed by atoms with Gasteiger partial charge in [-0.2, -0.15) is 0 Å². The summed E-state index contributed by atoms with van der Waals surface area (Å²) in [5, 5.41) is 0. The van der Waals surface area contributed by atoms with Crippen molar-refractivity contribution in [3.63, 3.8) is 0 Å². The first-order chi connectivity index (χ1) is 8.13. The average Bonchev–Trinajstić information content (AvgIpc) is 2.28. The molecular formula is C17H20. The van der Waals surface area contributed by atoms with Crippen LogP contribution in [0.3, 0.4) is 0 Å². The topological polar surface area (TPSA) is 0 Å². The van der Waals surface area contributed by atoms with Crippen molar-refractivity contribution in [2.75, 3.05) is 0 Å². The van der Waals surface area contributed by atoms with Crippen molar-refractivity contribution in [2.45, 2.75) is 34.1 Å². The molecule has 0 bridgehead atoms. The van der Waals surface area contributed by atoms with Crippen LogP contribution in [-0.2, 0) is 6.42 Å². The molecule has 0 aliphatic heterocycles. The predicted molar refractivity (Wildman–Crippen MR) is 75.5 cm³/mol. The molecule has 0 nitrogen and oxygen atoms in total. The van der Waals surface area contributed by atoms with E-state index in [4.69, 9.17) is 0 Å². The second kappa shape index (κ2) is 4.75. The lowest BCUT2D eigenvalue weighted by atomic mass is 9.90. The minimum atomic E-state index is 1.09. The first-order valence-electron chi connectivity index (χ1n) is 6.29. The molecule has 0 spiro atoms. The molecule has 2 aromatic rings. The second-order valence-corrected chi connectivity index (χ2v) is 4.78. The summed E-state index contributed by atoms with van der Waals surface area (Å²) < 4.78 is 0. The van der Waals surface area contributed by atoms with Crippen molar-refractivity contribution in [3.05, 3.63) is 58.7 Å². The zero-order chi connectivity index (χ0) is 12.4. The van der Waals surface area contributed by atoms with E-state index in [1.807, 2.05) is 0 Å². The molecule has 0 saturated carbocycles. The monoisotopic (exact) mass is 224 g/mol. The first-order valence-corrected chi connectivity index (χ1v) is 6.29. The Hall–Kier alpha value is -1.56. The zero-order valence-electron chi connectivity index (χ0n) is 11.2. The molecular weight excluding hydrogens is 204 g/mol. The highest BCUT2D eigenvalue weighted by molar-refractivity contribution is 5.74. The largest absolute Gasteiger partial charge is 0.0620 e. The van der Waals surface area contributed by atoms with Gasteiger partial charge in [-0.15, -0.1) is 0 Å². The van der Waals surface area contributed by atoms with Gasteiger partial charge in [0.25, 0.3) is 0 Å². The number of benzene rings is 2. The van der Waals surface area contributed by atoms with Crippen molar-refractivity contribution in [1.82, 2.24) is 0 Å². The Labute approximate surface area is 104 Å². The Bertz CT molecular complexity index is 512. The van der Waals surface area contributed by atoms with Crippen molar-refractivity contribution in [3.8, 4) is 11.1 Å². The number of aryl methyl sites for hydroxylation is 4. The minimum absolute atomic E-state index is 1.09. The molecule has 0 N–H and O–H groups in total. The van der Waals surface area contributed by atoms with Gasteiger partial charge >= 0.3 is 0 Å². The molecule has 2 aromatic carbocycles. The highest BCUT2D eigenvalue weighted by atomic mass is 14.1. The van der Waals surface area contributed by atoms with E-state index in [-0.39, 0.29) is 0 Å². The van der Waals surface area contributed by atoms with Gasteiger partial charge in [0.2, 0.25) is 0 Å². The third-order valence-corrected chi connectivity index (χ3v) is 3.34. The van der Waals surface area contributed by atoms with Gasteiger partial charge in [-0.05, 0) is 55.0 Å². The van der Waals surface area contributed by atoms with Crippen LogP contribution in [0.15, 0.2) is 36.4 Å². The van der Waals surface area contributed by atoms with Crippen LogP contribution >= 0.6 is 0 Å². The lowest BCUT2D eigenvalue weighted by Gasteiger charge is -2.14. The number of rotatable bonds is 2. The van der Waals surface area contributed by atoms with Gasteiger partial charge in [-0.25, -0.2) is 0 Å². The molecule has 0 aliphatic carbocycles. The maximum atomic E-state index is 2.27.